The minimum absolute atomic E-state index is 1.16. The molecule has 9 aromatic carbocycles. The number of nitrogens with zero attached hydrogens (tertiary/aromatic N) is 2. The molecule has 11 aromatic rings. The number of aromatic nitrogens is 2. The molecule has 0 radical (unpaired) electrons. The fourth-order valence-electron chi connectivity index (χ4n) is 8.55. The van der Waals surface area contributed by atoms with Crippen molar-refractivity contribution in [3.8, 4) is 44.8 Å². The van der Waals surface area contributed by atoms with E-state index >= 15 is 0 Å². The highest BCUT2D eigenvalue weighted by atomic mass is 15.0. The van der Waals surface area contributed by atoms with Crippen LogP contribution in [0.4, 0.5) is 0 Å². The molecule has 0 saturated carbocycles. The van der Waals surface area contributed by atoms with E-state index < -0.39 is 0 Å². The van der Waals surface area contributed by atoms with Crippen molar-refractivity contribution in [3.05, 3.63) is 194 Å². The van der Waals surface area contributed by atoms with Gasteiger partial charge in [-0.1, -0.05) is 133 Å². The number of hydrogen-bond donors (Lipinski definition) is 0. The second kappa shape index (κ2) is 11.3. The smallest absolute Gasteiger partial charge is 0.0547 e. The van der Waals surface area contributed by atoms with E-state index in [4.69, 9.17) is 0 Å². The number of hydrogen-bond acceptors (Lipinski definition) is 0. The van der Waals surface area contributed by atoms with Crippen LogP contribution >= 0.6 is 0 Å². The van der Waals surface area contributed by atoms with Gasteiger partial charge in [0, 0.05) is 32.9 Å². The fraction of sp³-hybridized carbons (Fsp3) is 0. The van der Waals surface area contributed by atoms with Gasteiger partial charge in [0.25, 0.3) is 0 Å². The topological polar surface area (TPSA) is 9.86 Å². The molecular weight excluding hydrogens is 629 g/mol. The van der Waals surface area contributed by atoms with Crippen molar-refractivity contribution in [2.24, 2.45) is 0 Å². The molecule has 0 saturated heterocycles. The standard InChI is InChI=1S/C50H32N2/c1-4-13-33(14-5-1)37-29-38(34-15-6-2-7-16-34)31-40(30-37)52-47-22-12-17-35-23-25-43-41(26-28-48(52)50(43)49(35)47)36-24-27-46-44(32-36)42-20-10-11-21-45(42)51(46)39-18-8-3-9-19-39/h1-32H. The second-order valence-electron chi connectivity index (χ2n) is 13.8. The van der Waals surface area contributed by atoms with Crippen LogP contribution in [0.1, 0.15) is 0 Å². The van der Waals surface area contributed by atoms with Crippen LogP contribution in [0.5, 0.6) is 0 Å². The molecule has 0 atom stereocenters. The molecule has 0 unspecified atom stereocenters. The summed E-state index contributed by atoms with van der Waals surface area (Å²) in [6.07, 6.45) is 0. The van der Waals surface area contributed by atoms with Crippen LogP contribution in [0.15, 0.2) is 194 Å². The maximum absolute atomic E-state index is 2.48. The Morgan fingerprint density at radius 2 is 0.865 bits per heavy atom. The Bertz CT molecular complexity index is 3040. The normalized spacial score (nSPS) is 11.8. The average molecular weight is 661 g/mol. The lowest BCUT2D eigenvalue weighted by Crippen LogP contribution is -1.96. The van der Waals surface area contributed by atoms with E-state index in [9.17, 15) is 0 Å². The summed E-state index contributed by atoms with van der Waals surface area (Å²) >= 11 is 0. The van der Waals surface area contributed by atoms with E-state index in [1.54, 1.807) is 0 Å². The number of benzene rings is 9. The first-order valence-electron chi connectivity index (χ1n) is 17.9. The van der Waals surface area contributed by atoms with Crippen molar-refractivity contribution in [1.82, 2.24) is 9.13 Å². The summed E-state index contributed by atoms with van der Waals surface area (Å²) in [5, 5.41) is 7.68. The van der Waals surface area contributed by atoms with Gasteiger partial charge in [0.2, 0.25) is 0 Å². The third kappa shape index (κ3) is 4.31. The molecule has 0 amide bonds. The Labute approximate surface area is 301 Å². The zero-order valence-electron chi connectivity index (χ0n) is 28.4. The summed E-state index contributed by atoms with van der Waals surface area (Å²) in [4.78, 5) is 0. The highest BCUT2D eigenvalue weighted by Crippen LogP contribution is 2.44. The molecule has 2 heteroatoms. The third-order valence-corrected chi connectivity index (χ3v) is 10.8. The van der Waals surface area contributed by atoms with Gasteiger partial charge in [-0.05, 0) is 105 Å². The summed E-state index contributed by atoms with van der Waals surface area (Å²) in [7, 11) is 0. The lowest BCUT2D eigenvalue weighted by molar-refractivity contribution is 1.18. The van der Waals surface area contributed by atoms with Crippen LogP contribution in [0.25, 0.3) is 99.1 Å². The molecule has 2 aromatic heterocycles. The molecular formula is C50H32N2. The van der Waals surface area contributed by atoms with Crippen LogP contribution in [-0.2, 0) is 0 Å². The van der Waals surface area contributed by atoms with Crippen molar-refractivity contribution >= 4 is 54.4 Å². The predicted octanol–water partition coefficient (Wildman–Crippen LogP) is 13.5. The van der Waals surface area contributed by atoms with E-state index in [1.165, 1.54) is 93.5 Å². The zero-order valence-corrected chi connectivity index (χ0v) is 28.4. The van der Waals surface area contributed by atoms with Gasteiger partial charge in [-0.25, -0.2) is 0 Å². The maximum Gasteiger partial charge on any atom is 0.0547 e. The quantitative estimate of drug-likeness (QED) is 0.163. The molecule has 0 N–H and O–H groups in total. The molecule has 0 aliphatic heterocycles. The lowest BCUT2D eigenvalue weighted by Gasteiger charge is -2.14. The lowest BCUT2D eigenvalue weighted by atomic mass is 9.94. The first-order valence-corrected chi connectivity index (χ1v) is 17.9. The van der Waals surface area contributed by atoms with E-state index in [0.29, 0.717) is 0 Å². The summed E-state index contributed by atoms with van der Waals surface area (Å²) in [5.41, 5.74) is 14.5. The first-order chi connectivity index (χ1) is 25.8. The molecule has 0 fully saturated rings. The van der Waals surface area contributed by atoms with Gasteiger partial charge in [0.05, 0.1) is 22.1 Å². The van der Waals surface area contributed by atoms with Crippen molar-refractivity contribution in [2.75, 3.05) is 0 Å². The van der Waals surface area contributed by atoms with Gasteiger partial charge >= 0.3 is 0 Å². The molecule has 52 heavy (non-hydrogen) atoms. The zero-order chi connectivity index (χ0) is 34.2. The monoisotopic (exact) mass is 660 g/mol. The second-order valence-corrected chi connectivity index (χ2v) is 13.8. The van der Waals surface area contributed by atoms with E-state index in [1.807, 2.05) is 0 Å². The average Bonchev–Trinajstić information content (AvgIpc) is 3.74. The Balaban J connectivity index is 1.16. The van der Waals surface area contributed by atoms with Gasteiger partial charge in [0.1, 0.15) is 0 Å². The predicted molar refractivity (Wildman–Crippen MR) is 220 cm³/mol. The molecule has 11 rings (SSSR count). The Kier molecular flexibility index (Phi) is 6.28. The minimum atomic E-state index is 1.16. The molecule has 0 spiro atoms. The van der Waals surface area contributed by atoms with E-state index in [-0.39, 0.29) is 0 Å². The van der Waals surface area contributed by atoms with Crippen molar-refractivity contribution in [3.63, 3.8) is 0 Å². The van der Waals surface area contributed by atoms with Crippen molar-refractivity contribution in [2.45, 2.75) is 0 Å². The van der Waals surface area contributed by atoms with Gasteiger partial charge in [-0.15, -0.1) is 0 Å². The summed E-state index contributed by atoms with van der Waals surface area (Å²) in [5.74, 6) is 0. The SMILES string of the molecule is c1ccc(-c2cc(-c3ccccc3)cc(-n3c4cccc5ccc6c(-c7ccc8c(c7)c7ccccc7n8-c7ccccc7)ccc3c6c54)c2)cc1. The molecule has 2 nitrogen and oxygen atoms in total. The Morgan fingerprint density at radius 1 is 0.269 bits per heavy atom. The van der Waals surface area contributed by atoms with E-state index in [2.05, 4.69) is 203 Å². The molecule has 0 bridgehead atoms. The molecule has 0 aliphatic carbocycles. The van der Waals surface area contributed by atoms with Crippen LogP contribution in [0.2, 0.25) is 0 Å². The number of para-hydroxylation sites is 2. The minimum Gasteiger partial charge on any atom is -0.309 e. The van der Waals surface area contributed by atoms with Gasteiger partial charge in [-0.3, -0.25) is 0 Å². The highest BCUT2D eigenvalue weighted by molar-refractivity contribution is 6.27. The highest BCUT2D eigenvalue weighted by Gasteiger charge is 2.21. The summed E-state index contributed by atoms with van der Waals surface area (Å²) in [6, 6.07) is 71.0. The fourth-order valence-corrected chi connectivity index (χ4v) is 8.55. The number of fused-ring (bicyclic) bond motifs is 3. The van der Waals surface area contributed by atoms with Gasteiger partial charge in [0.15, 0.2) is 0 Å². The molecule has 0 aliphatic rings. The summed E-state index contributed by atoms with van der Waals surface area (Å²) in [6.45, 7) is 0. The number of rotatable bonds is 5. The largest absolute Gasteiger partial charge is 0.309 e. The third-order valence-electron chi connectivity index (χ3n) is 10.8. The van der Waals surface area contributed by atoms with Crippen molar-refractivity contribution < 1.29 is 0 Å². The van der Waals surface area contributed by atoms with Crippen LogP contribution in [-0.4, -0.2) is 9.13 Å². The van der Waals surface area contributed by atoms with Crippen LogP contribution < -0.4 is 0 Å². The van der Waals surface area contributed by atoms with Crippen LogP contribution in [0, 0.1) is 0 Å². The summed E-state index contributed by atoms with van der Waals surface area (Å²) < 4.78 is 4.86. The first kappa shape index (κ1) is 28.9. The molecule has 242 valence electrons. The molecule has 2 heterocycles. The Hall–Kier alpha value is -6.90. The van der Waals surface area contributed by atoms with Crippen LogP contribution in [0.3, 0.4) is 0 Å². The van der Waals surface area contributed by atoms with Gasteiger partial charge < -0.3 is 9.13 Å². The maximum atomic E-state index is 2.48. The van der Waals surface area contributed by atoms with Crippen molar-refractivity contribution in [1.29, 1.82) is 0 Å². The van der Waals surface area contributed by atoms with Gasteiger partial charge in [-0.2, -0.15) is 0 Å². The van der Waals surface area contributed by atoms with E-state index in [0.717, 1.165) is 5.69 Å². The Morgan fingerprint density at radius 3 is 1.62 bits per heavy atom.